The van der Waals surface area contributed by atoms with Crippen LogP contribution in [0.5, 0.6) is 5.75 Å². The van der Waals surface area contributed by atoms with Crippen molar-refractivity contribution in [3.8, 4) is 5.75 Å². The molecule has 1 amide bonds. The lowest BCUT2D eigenvalue weighted by atomic mass is 9.86. The molecule has 22 heavy (non-hydrogen) atoms. The molecule has 1 rings (SSSR count). The quantitative estimate of drug-likeness (QED) is 0.757. The Bertz CT molecular complexity index is 458. The summed E-state index contributed by atoms with van der Waals surface area (Å²) in [5, 5.41) is 5.89. The normalized spacial score (nSPS) is 12.2. The lowest BCUT2D eigenvalue weighted by Gasteiger charge is -2.22. The highest BCUT2D eigenvalue weighted by atomic mass is 35.5. The predicted octanol–water partition coefficient (Wildman–Crippen LogP) is 2.76. The van der Waals surface area contributed by atoms with Gasteiger partial charge >= 0.3 is 0 Å². The molecule has 0 aliphatic heterocycles. The van der Waals surface area contributed by atoms with Gasteiger partial charge in [0, 0.05) is 12.5 Å². The van der Waals surface area contributed by atoms with Crippen LogP contribution < -0.4 is 15.4 Å². The fourth-order valence-electron chi connectivity index (χ4n) is 2.12. The number of hydrogen-bond donors (Lipinski definition) is 2. The fraction of sp³-hybridized carbons (Fsp3) is 0.588. The molecule has 1 unspecified atom stereocenters. The highest BCUT2D eigenvalue weighted by Crippen LogP contribution is 2.30. The first-order chi connectivity index (χ1) is 9.86. The average Bonchev–Trinajstić information content (AvgIpc) is 2.43. The van der Waals surface area contributed by atoms with Gasteiger partial charge in [-0.05, 0) is 24.1 Å². The number of carbonyl (C=O) groups excluding carboxylic acids is 1. The monoisotopic (exact) mass is 328 g/mol. The summed E-state index contributed by atoms with van der Waals surface area (Å²) >= 11 is 0. The summed E-state index contributed by atoms with van der Waals surface area (Å²) in [5.41, 5.74) is 1.22. The van der Waals surface area contributed by atoms with Gasteiger partial charge in [-0.2, -0.15) is 0 Å². The van der Waals surface area contributed by atoms with Gasteiger partial charge in [-0.3, -0.25) is 4.79 Å². The molecule has 0 saturated carbocycles. The van der Waals surface area contributed by atoms with Crippen LogP contribution >= 0.6 is 12.4 Å². The van der Waals surface area contributed by atoms with Crippen LogP contribution in [0.25, 0.3) is 0 Å². The number of halogens is 1. The van der Waals surface area contributed by atoms with Crippen LogP contribution in [0.3, 0.4) is 0 Å². The first-order valence-corrected chi connectivity index (χ1v) is 7.51. The zero-order valence-electron chi connectivity index (χ0n) is 14.2. The second-order valence-electron chi connectivity index (χ2n) is 6.34. The van der Waals surface area contributed by atoms with E-state index in [1.54, 1.807) is 0 Å². The van der Waals surface area contributed by atoms with Gasteiger partial charge in [-0.1, -0.05) is 45.9 Å². The van der Waals surface area contributed by atoms with Crippen LogP contribution in [0.4, 0.5) is 0 Å². The van der Waals surface area contributed by atoms with Crippen molar-refractivity contribution in [2.75, 3.05) is 26.7 Å². The third kappa shape index (κ3) is 6.67. The Morgan fingerprint density at radius 3 is 2.50 bits per heavy atom. The molecule has 1 atom stereocenters. The summed E-state index contributed by atoms with van der Waals surface area (Å²) < 4.78 is 5.82. The van der Waals surface area contributed by atoms with E-state index >= 15 is 0 Å². The summed E-state index contributed by atoms with van der Waals surface area (Å²) in [6, 6.07) is 8.06. The maximum absolute atomic E-state index is 11.8. The van der Waals surface area contributed by atoms with Gasteiger partial charge in [0.15, 0.2) is 0 Å². The summed E-state index contributed by atoms with van der Waals surface area (Å²) in [5.74, 6) is 0.913. The SMILES string of the molecule is CNCC(C)C(=O)NCCOc1ccccc1C(C)(C)C.Cl. The molecule has 0 radical (unpaired) electrons. The van der Waals surface area contributed by atoms with Crippen molar-refractivity contribution in [3.05, 3.63) is 29.8 Å². The molecular weight excluding hydrogens is 300 g/mol. The van der Waals surface area contributed by atoms with Crippen molar-refractivity contribution >= 4 is 18.3 Å². The smallest absolute Gasteiger partial charge is 0.224 e. The molecule has 0 bridgehead atoms. The molecule has 0 aliphatic carbocycles. The van der Waals surface area contributed by atoms with Crippen molar-refractivity contribution in [1.29, 1.82) is 0 Å². The summed E-state index contributed by atoms with van der Waals surface area (Å²) in [6.45, 7) is 10.1. The van der Waals surface area contributed by atoms with Crippen LogP contribution in [0.2, 0.25) is 0 Å². The van der Waals surface area contributed by atoms with Gasteiger partial charge < -0.3 is 15.4 Å². The molecular formula is C17H29ClN2O2. The molecule has 4 nitrogen and oxygen atoms in total. The van der Waals surface area contributed by atoms with Gasteiger partial charge in [0.05, 0.1) is 6.54 Å². The third-order valence-corrected chi connectivity index (χ3v) is 3.31. The maximum Gasteiger partial charge on any atom is 0.224 e. The van der Waals surface area contributed by atoms with Crippen molar-refractivity contribution < 1.29 is 9.53 Å². The Kier molecular flexibility index (Phi) is 9.14. The van der Waals surface area contributed by atoms with E-state index in [1.165, 1.54) is 5.56 Å². The van der Waals surface area contributed by atoms with Crippen molar-refractivity contribution in [2.24, 2.45) is 5.92 Å². The molecule has 0 fully saturated rings. The highest BCUT2D eigenvalue weighted by molar-refractivity contribution is 5.85. The second kappa shape index (κ2) is 9.70. The van der Waals surface area contributed by atoms with Gasteiger partial charge in [0.2, 0.25) is 5.91 Å². The lowest BCUT2D eigenvalue weighted by molar-refractivity contribution is -0.124. The number of ether oxygens (including phenoxy) is 1. The Morgan fingerprint density at radius 1 is 1.27 bits per heavy atom. The predicted molar refractivity (Wildman–Crippen MR) is 94.0 cm³/mol. The molecule has 1 aromatic carbocycles. The highest BCUT2D eigenvalue weighted by Gasteiger charge is 2.18. The number of nitrogens with one attached hydrogen (secondary N) is 2. The van der Waals surface area contributed by atoms with E-state index in [-0.39, 0.29) is 29.6 Å². The Morgan fingerprint density at radius 2 is 1.91 bits per heavy atom. The number of benzene rings is 1. The summed E-state index contributed by atoms with van der Waals surface area (Å²) in [7, 11) is 1.84. The third-order valence-electron chi connectivity index (χ3n) is 3.31. The standard InChI is InChI=1S/C17H28N2O2.ClH/c1-13(12-18-5)16(20)19-10-11-21-15-9-7-6-8-14(15)17(2,3)4;/h6-9,13,18H,10-12H2,1-5H3,(H,19,20);1H. The lowest BCUT2D eigenvalue weighted by Crippen LogP contribution is -2.36. The minimum atomic E-state index is -0.0307. The Hall–Kier alpha value is -1.26. The molecule has 0 spiro atoms. The van der Waals surface area contributed by atoms with E-state index in [0.29, 0.717) is 19.7 Å². The van der Waals surface area contributed by atoms with Gasteiger partial charge in [0.1, 0.15) is 12.4 Å². The van der Waals surface area contributed by atoms with E-state index in [0.717, 1.165) is 5.75 Å². The van der Waals surface area contributed by atoms with Crippen molar-refractivity contribution in [3.63, 3.8) is 0 Å². The van der Waals surface area contributed by atoms with Crippen LogP contribution in [0.1, 0.15) is 33.3 Å². The molecule has 0 saturated heterocycles. The van der Waals surface area contributed by atoms with E-state index in [1.807, 2.05) is 32.2 Å². The van der Waals surface area contributed by atoms with Crippen molar-refractivity contribution in [2.45, 2.75) is 33.1 Å². The second-order valence-corrected chi connectivity index (χ2v) is 6.34. The van der Waals surface area contributed by atoms with Crippen LogP contribution in [-0.4, -0.2) is 32.7 Å². The number of carbonyl (C=O) groups is 1. The molecule has 126 valence electrons. The van der Waals surface area contributed by atoms with Gasteiger partial charge in [-0.15, -0.1) is 12.4 Å². The van der Waals surface area contributed by atoms with E-state index in [2.05, 4.69) is 37.5 Å². The minimum absolute atomic E-state index is 0. The van der Waals surface area contributed by atoms with Crippen LogP contribution in [0.15, 0.2) is 24.3 Å². The van der Waals surface area contributed by atoms with E-state index in [9.17, 15) is 4.79 Å². The number of para-hydroxylation sites is 1. The van der Waals surface area contributed by atoms with Gasteiger partial charge in [0.25, 0.3) is 0 Å². The summed E-state index contributed by atoms with van der Waals surface area (Å²) in [4.78, 5) is 11.8. The number of hydrogen-bond acceptors (Lipinski definition) is 3. The fourth-order valence-corrected chi connectivity index (χ4v) is 2.12. The van der Waals surface area contributed by atoms with E-state index < -0.39 is 0 Å². The first-order valence-electron chi connectivity index (χ1n) is 7.51. The maximum atomic E-state index is 11.8. The van der Waals surface area contributed by atoms with E-state index in [4.69, 9.17) is 4.74 Å². The first kappa shape index (κ1) is 20.7. The topological polar surface area (TPSA) is 50.4 Å². The zero-order valence-corrected chi connectivity index (χ0v) is 15.0. The Labute approximate surface area is 140 Å². The molecule has 0 aromatic heterocycles. The number of amides is 1. The molecule has 2 N–H and O–H groups in total. The Balaban J connectivity index is 0.00000441. The molecule has 0 aliphatic rings. The van der Waals surface area contributed by atoms with Gasteiger partial charge in [-0.25, -0.2) is 0 Å². The molecule has 1 aromatic rings. The number of rotatable bonds is 7. The van der Waals surface area contributed by atoms with Crippen LogP contribution in [0, 0.1) is 5.92 Å². The van der Waals surface area contributed by atoms with Crippen LogP contribution in [-0.2, 0) is 10.2 Å². The largest absolute Gasteiger partial charge is 0.491 e. The average molecular weight is 329 g/mol. The molecule has 0 heterocycles. The zero-order chi connectivity index (χ0) is 15.9. The van der Waals surface area contributed by atoms with Crippen molar-refractivity contribution in [1.82, 2.24) is 10.6 Å². The summed E-state index contributed by atoms with van der Waals surface area (Å²) in [6.07, 6.45) is 0. The minimum Gasteiger partial charge on any atom is -0.491 e. The molecule has 5 heteroatoms.